The summed E-state index contributed by atoms with van der Waals surface area (Å²) in [4.78, 5) is 0. The van der Waals surface area contributed by atoms with E-state index in [0.717, 1.165) is 31.1 Å². The van der Waals surface area contributed by atoms with Crippen LogP contribution in [-0.4, -0.2) is 13.2 Å². The third kappa shape index (κ3) is 4.12. The summed E-state index contributed by atoms with van der Waals surface area (Å²) in [6, 6.07) is 7.92. The fourth-order valence-electron chi connectivity index (χ4n) is 1.23. The average molecular weight is 213 g/mol. The van der Waals surface area contributed by atoms with Gasteiger partial charge < -0.3 is 4.74 Å². The van der Waals surface area contributed by atoms with Crippen molar-refractivity contribution in [2.24, 2.45) is 0 Å². The van der Waals surface area contributed by atoms with Crippen LogP contribution in [0, 0.1) is 0 Å². The largest absolute Gasteiger partial charge is 0.381 e. The molecule has 0 radical (unpaired) electrons. The Hall–Kier alpha value is -0.530. The van der Waals surface area contributed by atoms with Gasteiger partial charge in [-0.1, -0.05) is 43.1 Å². The summed E-state index contributed by atoms with van der Waals surface area (Å²) in [5, 5.41) is 0.839. The van der Waals surface area contributed by atoms with Crippen LogP contribution >= 0.6 is 11.6 Å². The molecule has 0 spiro atoms. The number of hydrogen-bond acceptors (Lipinski definition) is 1. The molecule has 0 bridgehead atoms. The fraction of sp³-hybridized carbons (Fsp3) is 0.500. The molecule has 0 aromatic heterocycles. The summed E-state index contributed by atoms with van der Waals surface area (Å²) in [5.74, 6) is 0. The summed E-state index contributed by atoms with van der Waals surface area (Å²) in [6.45, 7) is 3.79. The molecule has 0 amide bonds. The molecule has 0 aliphatic rings. The van der Waals surface area contributed by atoms with E-state index in [1.807, 2.05) is 24.3 Å². The normalized spacial score (nSPS) is 10.4. The second-order valence-corrected chi connectivity index (χ2v) is 3.71. The Morgan fingerprint density at radius 1 is 1.21 bits per heavy atom. The SMILES string of the molecule is CCCCOCCc1ccccc1Cl. The second kappa shape index (κ2) is 6.86. The van der Waals surface area contributed by atoms with Crippen molar-refractivity contribution in [1.82, 2.24) is 0 Å². The van der Waals surface area contributed by atoms with Gasteiger partial charge in [-0.15, -0.1) is 0 Å². The second-order valence-electron chi connectivity index (χ2n) is 3.31. The fourth-order valence-corrected chi connectivity index (χ4v) is 1.46. The van der Waals surface area contributed by atoms with E-state index in [1.165, 1.54) is 12.0 Å². The van der Waals surface area contributed by atoms with Gasteiger partial charge in [0, 0.05) is 11.6 Å². The molecule has 14 heavy (non-hydrogen) atoms. The van der Waals surface area contributed by atoms with Gasteiger partial charge >= 0.3 is 0 Å². The van der Waals surface area contributed by atoms with Gasteiger partial charge in [-0.2, -0.15) is 0 Å². The molecule has 0 N–H and O–H groups in total. The van der Waals surface area contributed by atoms with Crippen molar-refractivity contribution >= 4 is 11.6 Å². The van der Waals surface area contributed by atoms with Gasteiger partial charge in [0.15, 0.2) is 0 Å². The van der Waals surface area contributed by atoms with Gasteiger partial charge in [0.2, 0.25) is 0 Å². The Balaban J connectivity index is 2.21. The van der Waals surface area contributed by atoms with E-state index in [1.54, 1.807) is 0 Å². The predicted molar refractivity (Wildman–Crippen MR) is 60.9 cm³/mol. The third-order valence-electron chi connectivity index (χ3n) is 2.12. The van der Waals surface area contributed by atoms with Gasteiger partial charge in [0.05, 0.1) is 6.61 Å². The molecule has 1 rings (SSSR count). The molecular weight excluding hydrogens is 196 g/mol. The van der Waals surface area contributed by atoms with E-state index in [4.69, 9.17) is 16.3 Å². The van der Waals surface area contributed by atoms with Crippen LogP contribution in [0.4, 0.5) is 0 Å². The van der Waals surface area contributed by atoms with Crippen LogP contribution < -0.4 is 0 Å². The van der Waals surface area contributed by atoms with E-state index >= 15 is 0 Å². The Kier molecular flexibility index (Phi) is 5.65. The van der Waals surface area contributed by atoms with Gasteiger partial charge in [-0.05, 0) is 24.5 Å². The summed E-state index contributed by atoms with van der Waals surface area (Å²) in [7, 11) is 0. The number of unbranched alkanes of at least 4 members (excludes halogenated alkanes) is 1. The van der Waals surface area contributed by atoms with E-state index < -0.39 is 0 Å². The first-order valence-corrected chi connectivity index (χ1v) is 5.53. The minimum atomic E-state index is 0.768. The molecule has 0 fully saturated rings. The maximum atomic E-state index is 6.01. The molecule has 0 aliphatic heterocycles. The van der Waals surface area contributed by atoms with Crippen LogP contribution in [0.1, 0.15) is 25.3 Å². The van der Waals surface area contributed by atoms with Crippen LogP contribution in [0.25, 0.3) is 0 Å². The van der Waals surface area contributed by atoms with E-state index in [2.05, 4.69) is 6.92 Å². The molecule has 1 aromatic carbocycles. The van der Waals surface area contributed by atoms with Crippen molar-refractivity contribution in [3.8, 4) is 0 Å². The quantitative estimate of drug-likeness (QED) is 0.654. The summed E-state index contributed by atoms with van der Waals surface area (Å²) in [5.41, 5.74) is 1.17. The van der Waals surface area contributed by atoms with E-state index in [-0.39, 0.29) is 0 Å². The maximum Gasteiger partial charge on any atom is 0.0506 e. The summed E-state index contributed by atoms with van der Waals surface area (Å²) >= 11 is 6.01. The highest BCUT2D eigenvalue weighted by Gasteiger charge is 1.97. The van der Waals surface area contributed by atoms with Crippen LogP contribution in [0.2, 0.25) is 5.02 Å². The van der Waals surface area contributed by atoms with Crippen molar-refractivity contribution in [3.63, 3.8) is 0 Å². The molecule has 1 aromatic rings. The highest BCUT2D eigenvalue weighted by atomic mass is 35.5. The summed E-state index contributed by atoms with van der Waals surface area (Å²) in [6.07, 6.45) is 3.23. The maximum absolute atomic E-state index is 6.01. The van der Waals surface area contributed by atoms with Crippen molar-refractivity contribution < 1.29 is 4.74 Å². The number of benzene rings is 1. The highest BCUT2D eigenvalue weighted by Crippen LogP contribution is 2.15. The minimum absolute atomic E-state index is 0.768. The van der Waals surface area contributed by atoms with Crippen LogP contribution in [0.3, 0.4) is 0 Å². The Bertz CT molecular complexity index is 260. The smallest absolute Gasteiger partial charge is 0.0506 e. The first kappa shape index (κ1) is 11.5. The molecule has 0 saturated heterocycles. The number of ether oxygens (including phenoxy) is 1. The molecule has 2 heteroatoms. The van der Waals surface area contributed by atoms with Gasteiger partial charge in [0.25, 0.3) is 0 Å². The molecular formula is C12H17ClO. The molecule has 0 unspecified atom stereocenters. The first-order chi connectivity index (χ1) is 6.84. The molecule has 0 saturated carbocycles. The Labute approximate surface area is 91.0 Å². The lowest BCUT2D eigenvalue weighted by Crippen LogP contribution is -2.00. The lowest BCUT2D eigenvalue weighted by molar-refractivity contribution is 0.134. The highest BCUT2D eigenvalue weighted by molar-refractivity contribution is 6.31. The number of halogens is 1. The first-order valence-electron chi connectivity index (χ1n) is 5.15. The van der Waals surface area contributed by atoms with Crippen LogP contribution in [-0.2, 0) is 11.2 Å². The standard InChI is InChI=1S/C12H17ClO/c1-2-3-9-14-10-8-11-6-4-5-7-12(11)13/h4-7H,2-3,8-10H2,1H3. The molecule has 0 heterocycles. The predicted octanol–water partition coefficient (Wildman–Crippen LogP) is 3.70. The van der Waals surface area contributed by atoms with Crippen LogP contribution in [0.15, 0.2) is 24.3 Å². The van der Waals surface area contributed by atoms with Crippen molar-refractivity contribution in [2.45, 2.75) is 26.2 Å². The van der Waals surface area contributed by atoms with Crippen molar-refractivity contribution in [2.75, 3.05) is 13.2 Å². The third-order valence-corrected chi connectivity index (χ3v) is 2.48. The topological polar surface area (TPSA) is 9.23 Å². The van der Waals surface area contributed by atoms with E-state index in [9.17, 15) is 0 Å². The molecule has 1 nitrogen and oxygen atoms in total. The zero-order valence-electron chi connectivity index (χ0n) is 8.63. The molecule has 78 valence electrons. The number of rotatable bonds is 6. The summed E-state index contributed by atoms with van der Waals surface area (Å²) < 4.78 is 5.47. The zero-order chi connectivity index (χ0) is 10.2. The van der Waals surface area contributed by atoms with Crippen LogP contribution in [0.5, 0.6) is 0 Å². The average Bonchev–Trinajstić information content (AvgIpc) is 2.20. The zero-order valence-corrected chi connectivity index (χ0v) is 9.39. The van der Waals surface area contributed by atoms with Gasteiger partial charge in [-0.25, -0.2) is 0 Å². The monoisotopic (exact) mass is 212 g/mol. The lowest BCUT2D eigenvalue weighted by Gasteiger charge is -2.04. The lowest BCUT2D eigenvalue weighted by atomic mass is 10.2. The minimum Gasteiger partial charge on any atom is -0.381 e. The van der Waals surface area contributed by atoms with Crippen molar-refractivity contribution in [1.29, 1.82) is 0 Å². The van der Waals surface area contributed by atoms with E-state index in [0.29, 0.717) is 0 Å². The number of hydrogen-bond donors (Lipinski definition) is 0. The molecule has 0 atom stereocenters. The van der Waals surface area contributed by atoms with Gasteiger partial charge in [0.1, 0.15) is 0 Å². The Morgan fingerprint density at radius 2 is 2.00 bits per heavy atom. The Morgan fingerprint density at radius 3 is 2.71 bits per heavy atom. The molecule has 0 aliphatic carbocycles. The van der Waals surface area contributed by atoms with Gasteiger partial charge in [-0.3, -0.25) is 0 Å². The van der Waals surface area contributed by atoms with Crippen molar-refractivity contribution in [3.05, 3.63) is 34.9 Å².